The second kappa shape index (κ2) is 15.6. The number of rotatable bonds is 13. The SMILES string of the molecule is O=C(CC1CCN(C(=O)CCc2cccc(-c3cncnc3)c2)CC1)N[C@@H](Cc1ccc(OCc2ccccc2)cc1)C(=O)O. The van der Waals surface area contributed by atoms with Gasteiger partial charge in [-0.15, -0.1) is 0 Å². The van der Waals surface area contributed by atoms with Crippen LogP contribution in [0.5, 0.6) is 5.75 Å². The largest absolute Gasteiger partial charge is 0.489 e. The van der Waals surface area contributed by atoms with E-state index in [9.17, 15) is 19.5 Å². The van der Waals surface area contributed by atoms with Crippen molar-refractivity contribution in [1.82, 2.24) is 20.2 Å². The molecule has 2 heterocycles. The molecule has 0 radical (unpaired) electrons. The summed E-state index contributed by atoms with van der Waals surface area (Å²) in [5, 5.41) is 12.5. The second-order valence-electron chi connectivity index (χ2n) is 11.4. The Morgan fingerprint density at radius 1 is 0.867 bits per heavy atom. The van der Waals surface area contributed by atoms with Gasteiger partial charge in [0.15, 0.2) is 0 Å². The Morgan fingerprint density at radius 3 is 2.29 bits per heavy atom. The molecule has 1 aliphatic rings. The number of piperidine rings is 1. The molecule has 45 heavy (non-hydrogen) atoms. The van der Waals surface area contributed by atoms with E-state index in [2.05, 4.69) is 21.4 Å². The minimum absolute atomic E-state index is 0.105. The Bertz CT molecular complexity index is 1560. The number of likely N-dealkylation sites (tertiary alicyclic amines) is 1. The summed E-state index contributed by atoms with van der Waals surface area (Å²) >= 11 is 0. The van der Waals surface area contributed by atoms with Crippen molar-refractivity contribution in [2.75, 3.05) is 13.1 Å². The number of carboxylic acid groups (broad SMARTS) is 1. The number of nitrogens with one attached hydrogen (secondary N) is 1. The zero-order valence-electron chi connectivity index (χ0n) is 25.2. The molecule has 2 N–H and O–H groups in total. The predicted octanol–water partition coefficient (Wildman–Crippen LogP) is 5.10. The number of aliphatic carboxylic acids is 1. The monoisotopic (exact) mass is 606 g/mol. The Morgan fingerprint density at radius 2 is 1.58 bits per heavy atom. The first kappa shape index (κ1) is 31.4. The fourth-order valence-electron chi connectivity index (χ4n) is 5.56. The Kier molecular flexibility index (Phi) is 10.9. The molecule has 0 bridgehead atoms. The third-order valence-corrected chi connectivity index (χ3v) is 8.13. The molecule has 9 heteroatoms. The van der Waals surface area contributed by atoms with Gasteiger partial charge in [-0.05, 0) is 59.6 Å². The summed E-state index contributed by atoms with van der Waals surface area (Å²) in [6.45, 7) is 1.64. The zero-order valence-corrected chi connectivity index (χ0v) is 25.2. The normalized spacial score (nSPS) is 14.0. The highest BCUT2D eigenvalue weighted by Crippen LogP contribution is 2.23. The average molecular weight is 607 g/mol. The Hall–Kier alpha value is -5.05. The molecule has 9 nitrogen and oxygen atoms in total. The molecule has 0 spiro atoms. The highest BCUT2D eigenvalue weighted by Gasteiger charge is 2.26. The zero-order chi connectivity index (χ0) is 31.4. The molecular formula is C36H38N4O5. The fraction of sp³-hybridized carbons (Fsp3) is 0.306. The number of hydrogen-bond donors (Lipinski definition) is 2. The summed E-state index contributed by atoms with van der Waals surface area (Å²) in [7, 11) is 0. The van der Waals surface area contributed by atoms with Crippen LogP contribution >= 0.6 is 0 Å². The smallest absolute Gasteiger partial charge is 0.326 e. The highest BCUT2D eigenvalue weighted by molar-refractivity contribution is 5.84. The van der Waals surface area contributed by atoms with Crippen LogP contribution in [0.25, 0.3) is 11.1 Å². The van der Waals surface area contributed by atoms with E-state index in [0.29, 0.717) is 51.1 Å². The number of aryl methyl sites for hydroxylation is 1. The van der Waals surface area contributed by atoms with Crippen LogP contribution in [0.4, 0.5) is 0 Å². The summed E-state index contributed by atoms with van der Waals surface area (Å²) in [5.74, 6) is -0.450. The summed E-state index contributed by atoms with van der Waals surface area (Å²) in [6.07, 6.45) is 7.94. The number of amides is 2. The molecule has 0 aliphatic carbocycles. The van der Waals surface area contributed by atoms with Gasteiger partial charge in [-0.1, -0.05) is 66.7 Å². The van der Waals surface area contributed by atoms with Crippen LogP contribution in [0.15, 0.2) is 97.6 Å². The summed E-state index contributed by atoms with van der Waals surface area (Å²) in [4.78, 5) is 47.7. The molecule has 1 atom stereocenters. The molecule has 1 saturated heterocycles. The van der Waals surface area contributed by atoms with Crippen LogP contribution in [0.3, 0.4) is 0 Å². The van der Waals surface area contributed by atoms with Gasteiger partial charge in [-0.25, -0.2) is 14.8 Å². The number of nitrogens with zero attached hydrogens (tertiary/aromatic N) is 3. The summed E-state index contributed by atoms with van der Waals surface area (Å²) < 4.78 is 5.81. The lowest BCUT2D eigenvalue weighted by Crippen LogP contribution is -2.44. The van der Waals surface area contributed by atoms with Gasteiger partial charge >= 0.3 is 5.97 Å². The summed E-state index contributed by atoms with van der Waals surface area (Å²) in [6, 6.07) is 24.2. The summed E-state index contributed by atoms with van der Waals surface area (Å²) in [5.41, 5.74) is 4.89. The van der Waals surface area contributed by atoms with Crippen molar-refractivity contribution in [3.05, 3.63) is 114 Å². The number of ether oxygens (including phenoxy) is 1. The highest BCUT2D eigenvalue weighted by atomic mass is 16.5. The molecule has 2 amide bonds. The quantitative estimate of drug-likeness (QED) is 0.217. The number of hydrogen-bond acceptors (Lipinski definition) is 6. The van der Waals surface area contributed by atoms with Gasteiger partial charge in [-0.2, -0.15) is 0 Å². The molecule has 0 saturated carbocycles. The van der Waals surface area contributed by atoms with Gasteiger partial charge in [0.1, 0.15) is 24.7 Å². The molecule has 1 aromatic heterocycles. The first-order valence-corrected chi connectivity index (χ1v) is 15.3. The maximum absolute atomic E-state index is 12.9. The van der Waals surface area contributed by atoms with Crippen LogP contribution in [0.2, 0.25) is 0 Å². The van der Waals surface area contributed by atoms with Crippen LogP contribution in [-0.2, 0) is 33.8 Å². The first-order chi connectivity index (χ1) is 21.9. The van der Waals surface area contributed by atoms with E-state index in [1.807, 2.05) is 77.7 Å². The Labute approximate surface area is 263 Å². The van der Waals surface area contributed by atoms with E-state index in [0.717, 1.165) is 27.8 Å². The third kappa shape index (κ3) is 9.47. The second-order valence-corrected chi connectivity index (χ2v) is 11.4. The van der Waals surface area contributed by atoms with E-state index in [1.165, 1.54) is 6.33 Å². The third-order valence-electron chi connectivity index (χ3n) is 8.13. The van der Waals surface area contributed by atoms with Gasteiger partial charge in [0.25, 0.3) is 0 Å². The lowest BCUT2D eigenvalue weighted by molar-refractivity contribution is -0.142. The van der Waals surface area contributed by atoms with Crippen molar-refractivity contribution >= 4 is 17.8 Å². The fourth-order valence-corrected chi connectivity index (χ4v) is 5.56. The molecule has 1 fully saturated rings. The van der Waals surface area contributed by atoms with Crippen molar-refractivity contribution < 1.29 is 24.2 Å². The van der Waals surface area contributed by atoms with Crippen molar-refractivity contribution in [3.63, 3.8) is 0 Å². The number of carboxylic acids is 1. The number of carbonyl (C=O) groups is 3. The standard InChI is InChI=1S/C36H38N4O5/c41-34(39-33(36(43)44)20-27-9-12-32(13-10-27)45-24-29-5-2-1-3-6-29)21-28-15-17-40(18-16-28)35(42)14-11-26-7-4-8-30(19-26)31-22-37-25-38-23-31/h1-10,12-13,19,22-23,25,28,33H,11,14-18,20-21,24H2,(H,39,41)(H,43,44)/t33-/m0/s1. The lowest BCUT2D eigenvalue weighted by atomic mass is 9.92. The number of carbonyl (C=O) groups excluding carboxylic acids is 2. The molecule has 1 aliphatic heterocycles. The molecular weight excluding hydrogens is 568 g/mol. The van der Waals surface area contributed by atoms with Gasteiger partial charge in [0, 0.05) is 50.3 Å². The van der Waals surface area contributed by atoms with Gasteiger partial charge in [-0.3, -0.25) is 9.59 Å². The molecule has 5 rings (SSSR count). The minimum atomic E-state index is -1.07. The van der Waals surface area contributed by atoms with E-state index < -0.39 is 12.0 Å². The molecule has 4 aromatic rings. The molecule has 0 unspecified atom stereocenters. The van der Waals surface area contributed by atoms with E-state index >= 15 is 0 Å². The van der Waals surface area contributed by atoms with E-state index in [1.54, 1.807) is 12.4 Å². The average Bonchev–Trinajstić information content (AvgIpc) is 3.08. The molecule has 232 valence electrons. The van der Waals surface area contributed by atoms with Crippen molar-refractivity contribution in [1.29, 1.82) is 0 Å². The van der Waals surface area contributed by atoms with Gasteiger partial charge in [0.05, 0.1) is 0 Å². The predicted molar refractivity (Wildman–Crippen MR) is 170 cm³/mol. The van der Waals surface area contributed by atoms with Crippen LogP contribution < -0.4 is 10.1 Å². The minimum Gasteiger partial charge on any atom is -0.489 e. The maximum Gasteiger partial charge on any atom is 0.326 e. The Balaban J connectivity index is 1.03. The molecule has 3 aromatic carbocycles. The topological polar surface area (TPSA) is 122 Å². The van der Waals surface area contributed by atoms with Gasteiger partial charge < -0.3 is 20.1 Å². The maximum atomic E-state index is 12.9. The van der Waals surface area contributed by atoms with Crippen LogP contribution in [-0.4, -0.2) is 56.9 Å². The lowest BCUT2D eigenvalue weighted by Gasteiger charge is -2.32. The van der Waals surface area contributed by atoms with Crippen LogP contribution in [0.1, 0.15) is 42.4 Å². The van der Waals surface area contributed by atoms with Crippen molar-refractivity contribution in [2.45, 2.75) is 51.2 Å². The van der Waals surface area contributed by atoms with Crippen molar-refractivity contribution in [2.24, 2.45) is 5.92 Å². The van der Waals surface area contributed by atoms with E-state index in [-0.39, 0.29) is 30.6 Å². The number of benzene rings is 3. The number of aromatic nitrogens is 2. The van der Waals surface area contributed by atoms with Crippen molar-refractivity contribution in [3.8, 4) is 16.9 Å². The first-order valence-electron chi connectivity index (χ1n) is 15.3. The van der Waals surface area contributed by atoms with Gasteiger partial charge in [0.2, 0.25) is 11.8 Å². The van der Waals surface area contributed by atoms with Crippen LogP contribution in [0, 0.1) is 5.92 Å². The van der Waals surface area contributed by atoms with E-state index in [4.69, 9.17) is 4.74 Å².